The van der Waals surface area contributed by atoms with Crippen molar-refractivity contribution in [1.29, 1.82) is 0 Å². The number of rotatable bonds is 16. The predicted molar refractivity (Wildman–Crippen MR) is 86.8 cm³/mol. The molecule has 0 atom stereocenters. The van der Waals surface area contributed by atoms with Gasteiger partial charge in [-0.25, -0.2) is 0 Å². The smallest absolute Gasteiger partial charge is 0.0465 e. The molecular weight excluding hydrogens is 232 g/mol. The second-order valence-electron chi connectivity index (χ2n) is 5.79. The molecule has 0 spiro atoms. The normalized spacial score (nSPS) is 11.1. The Morgan fingerprint density at radius 1 is 0.474 bits per heavy atom. The third-order valence-electron chi connectivity index (χ3n) is 3.85. The molecule has 0 saturated heterocycles. The Labute approximate surface area is 122 Å². The SMILES string of the molecule is CCCCCCCCCCCCCCCCOCC. The van der Waals surface area contributed by atoms with Crippen LogP contribution in [0.4, 0.5) is 0 Å². The van der Waals surface area contributed by atoms with Gasteiger partial charge < -0.3 is 4.74 Å². The minimum Gasteiger partial charge on any atom is -0.382 e. The van der Waals surface area contributed by atoms with Gasteiger partial charge in [-0.05, 0) is 13.3 Å². The first kappa shape index (κ1) is 19.0. The summed E-state index contributed by atoms with van der Waals surface area (Å²) in [6.07, 6.45) is 20.0. The standard InChI is InChI=1S/C18H38O/c1-3-5-6-7-8-9-10-11-12-13-14-15-16-17-18-19-4-2/h3-18H2,1-2H3. The van der Waals surface area contributed by atoms with Crippen molar-refractivity contribution in [2.45, 2.75) is 104 Å². The second kappa shape index (κ2) is 18.0. The van der Waals surface area contributed by atoms with Crippen LogP contribution in [0.2, 0.25) is 0 Å². The lowest BCUT2D eigenvalue weighted by Gasteiger charge is -2.03. The van der Waals surface area contributed by atoms with E-state index in [-0.39, 0.29) is 0 Å². The number of ether oxygens (including phenoxy) is 1. The van der Waals surface area contributed by atoms with Gasteiger partial charge in [0.25, 0.3) is 0 Å². The Balaban J connectivity index is 2.88. The quantitative estimate of drug-likeness (QED) is 0.291. The van der Waals surface area contributed by atoms with Gasteiger partial charge in [0.2, 0.25) is 0 Å². The third kappa shape index (κ3) is 18.0. The van der Waals surface area contributed by atoms with E-state index < -0.39 is 0 Å². The van der Waals surface area contributed by atoms with Crippen LogP contribution >= 0.6 is 0 Å². The molecule has 0 aliphatic carbocycles. The molecule has 0 heterocycles. The Morgan fingerprint density at radius 3 is 1.21 bits per heavy atom. The van der Waals surface area contributed by atoms with Crippen molar-refractivity contribution in [2.24, 2.45) is 0 Å². The summed E-state index contributed by atoms with van der Waals surface area (Å²) in [6, 6.07) is 0. The Hall–Kier alpha value is -0.0400. The van der Waals surface area contributed by atoms with Gasteiger partial charge in [-0.3, -0.25) is 0 Å². The molecule has 19 heavy (non-hydrogen) atoms. The predicted octanol–water partition coefficient (Wildman–Crippen LogP) is 6.50. The molecule has 0 aliphatic heterocycles. The van der Waals surface area contributed by atoms with Gasteiger partial charge in [-0.15, -0.1) is 0 Å². The zero-order valence-corrected chi connectivity index (χ0v) is 13.7. The molecule has 0 aromatic rings. The fourth-order valence-electron chi connectivity index (χ4n) is 2.54. The van der Waals surface area contributed by atoms with E-state index >= 15 is 0 Å². The summed E-state index contributed by atoms with van der Waals surface area (Å²) in [5, 5.41) is 0. The minimum atomic E-state index is 0.873. The second-order valence-corrected chi connectivity index (χ2v) is 5.79. The van der Waals surface area contributed by atoms with Gasteiger partial charge in [0, 0.05) is 13.2 Å². The van der Waals surface area contributed by atoms with Crippen molar-refractivity contribution >= 4 is 0 Å². The van der Waals surface area contributed by atoms with Crippen LogP contribution in [0, 0.1) is 0 Å². The van der Waals surface area contributed by atoms with E-state index in [1.165, 1.54) is 89.9 Å². The average Bonchev–Trinajstić information content (AvgIpc) is 2.43. The molecule has 0 fully saturated rings. The molecule has 0 N–H and O–H groups in total. The molecule has 1 heteroatoms. The average molecular weight is 271 g/mol. The van der Waals surface area contributed by atoms with Crippen LogP contribution in [0.1, 0.15) is 104 Å². The van der Waals surface area contributed by atoms with E-state index in [0.29, 0.717) is 0 Å². The Bertz CT molecular complexity index is 129. The zero-order valence-electron chi connectivity index (χ0n) is 13.7. The molecular formula is C18H38O. The third-order valence-corrected chi connectivity index (χ3v) is 3.85. The van der Waals surface area contributed by atoms with Crippen LogP contribution in [-0.2, 0) is 4.74 Å². The van der Waals surface area contributed by atoms with E-state index in [1.807, 2.05) is 0 Å². The number of unbranched alkanes of at least 4 members (excludes halogenated alkanes) is 13. The summed E-state index contributed by atoms with van der Waals surface area (Å²) >= 11 is 0. The summed E-state index contributed by atoms with van der Waals surface area (Å²) < 4.78 is 5.34. The fourth-order valence-corrected chi connectivity index (χ4v) is 2.54. The van der Waals surface area contributed by atoms with Crippen molar-refractivity contribution < 1.29 is 4.74 Å². The fraction of sp³-hybridized carbons (Fsp3) is 1.00. The molecule has 0 aromatic carbocycles. The largest absolute Gasteiger partial charge is 0.382 e. The van der Waals surface area contributed by atoms with Gasteiger partial charge in [-0.2, -0.15) is 0 Å². The van der Waals surface area contributed by atoms with E-state index in [2.05, 4.69) is 13.8 Å². The van der Waals surface area contributed by atoms with Gasteiger partial charge in [0.15, 0.2) is 0 Å². The van der Waals surface area contributed by atoms with E-state index in [1.54, 1.807) is 0 Å². The van der Waals surface area contributed by atoms with Crippen molar-refractivity contribution in [3.05, 3.63) is 0 Å². The van der Waals surface area contributed by atoms with Crippen LogP contribution in [-0.4, -0.2) is 13.2 Å². The van der Waals surface area contributed by atoms with E-state index in [9.17, 15) is 0 Å². The van der Waals surface area contributed by atoms with E-state index in [0.717, 1.165) is 13.2 Å². The highest BCUT2D eigenvalue weighted by molar-refractivity contribution is 4.49. The summed E-state index contributed by atoms with van der Waals surface area (Å²) in [6.45, 7) is 6.20. The molecule has 0 saturated carbocycles. The Kier molecular flexibility index (Phi) is 17.9. The molecule has 0 bridgehead atoms. The van der Waals surface area contributed by atoms with Crippen molar-refractivity contribution in [1.82, 2.24) is 0 Å². The first-order valence-electron chi connectivity index (χ1n) is 8.99. The summed E-state index contributed by atoms with van der Waals surface area (Å²) in [7, 11) is 0. The molecule has 116 valence electrons. The molecule has 0 amide bonds. The first-order chi connectivity index (χ1) is 9.41. The maximum atomic E-state index is 5.34. The van der Waals surface area contributed by atoms with Crippen LogP contribution < -0.4 is 0 Å². The Morgan fingerprint density at radius 2 is 0.842 bits per heavy atom. The van der Waals surface area contributed by atoms with Gasteiger partial charge in [0.05, 0.1) is 0 Å². The van der Waals surface area contributed by atoms with Crippen molar-refractivity contribution in [2.75, 3.05) is 13.2 Å². The van der Waals surface area contributed by atoms with Crippen molar-refractivity contribution in [3.63, 3.8) is 0 Å². The molecule has 0 rings (SSSR count). The monoisotopic (exact) mass is 270 g/mol. The van der Waals surface area contributed by atoms with Gasteiger partial charge in [0.1, 0.15) is 0 Å². The van der Waals surface area contributed by atoms with E-state index in [4.69, 9.17) is 4.74 Å². The van der Waals surface area contributed by atoms with Gasteiger partial charge >= 0.3 is 0 Å². The maximum Gasteiger partial charge on any atom is 0.0465 e. The minimum absolute atomic E-state index is 0.873. The maximum absolute atomic E-state index is 5.34. The topological polar surface area (TPSA) is 9.23 Å². The summed E-state index contributed by atoms with van der Waals surface area (Å²) in [5.74, 6) is 0. The van der Waals surface area contributed by atoms with Crippen LogP contribution in [0.15, 0.2) is 0 Å². The van der Waals surface area contributed by atoms with Gasteiger partial charge in [-0.1, -0.05) is 90.4 Å². The lowest BCUT2D eigenvalue weighted by Crippen LogP contribution is -1.92. The lowest BCUT2D eigenvalue weighted by molar-refractivity contribution is 0.143. The summed E-state index contributed by atoms with van der Waals surface area (Å²) in [5.41, 5.74) is 0. The number of hydrogen-bond donors (Lipinski definition) is 0. The first-order valence-corrected chi connectivity index (χ1v) is 8.99. The summed E-state index contributed by atoms with van der Waals surface area (Å²) in [4.78, 5) is 0. The molecule has 0 aromatic heterocycles. The highest BCUT2D eigenvalue weighted by atomic mass is 16.5. The van der Waals surface area contributed by atoms with Crippen LogP contribution in [0.25, 0.3) is 0 Å². The zero-order chi connectivity index (χ0) is 14.0. The van der Waals surface area contributed by atoms with Crippen molar-refractivity contribution in [3.8, 4) is 0 Å². The molecule has 0 aliphatic rings. The number of hydrogen-bond acceptors (Lipinski definition) is 1. The van der Waals surface area contributed by atoms with Crippen LogP contribution in [0.5, 0.6) is 0 Å². The van der Waals surface area contributed by atoms with Crippen LogP contribution in [0.3, 0.4) is 0 Å². The molecule has 1 nitrogen and oxygen atoms in total. The highest BCUT2D eigenvalue weighted by Crippen LogP contribution is 2.12. The highest BCUT2D eigenvalue weighted by Gasteiger charge is 1.94. The lowest BCUT2D eigenvalue weighted by atomic mass is 10.0. The molecule has 0 unspecified atom stereocenters. The molecule has 0 radical (unpaired) electrons.